The van der Waals surface area contributed by atoms with Gasteiger partial charge in [-0.25, -0.2) is 0 Å². The van der Waals surface area contributed by atoms with E-state index in [1.165, 1.54) is 0 Å². The highest BCUT2D eigenvalue weighted by Gasteiger charge is 2.06. The molecule has 0 spiro atoms. The topological polar surface area (TPSA) is 42.0 Å². The number of pyridine rings is 1. The van der Waals surface area contributed by atoms with Crippen molar-refractivity contribution >= 4 is 17.4 Å². The Morgan fingerprint density at radius 3 is 3.07 bits per heavy atom. The average Bonchev–Trinajstić information content (AvgIpc) is 2.22. The molecule has 0 bridgehead atoms. The van der Waals surface area contributed by atoms with Crippen molar-refractivity contribution in [2.45, 2.75) is 19.8 Å². The third-order valence-electron chi connectivity index (χ3n) is 1.99. The number of Topliss-reactive ketones (excluding diaryl/α,β-unsaturated/α-hetero) is 1. The van der Waals surface area contributed by atoms with Gasteiger partial charge in [0.05, 0.1) is 11.6 Å². The van der Waals surface area contributed by atoms with E-state index in [1.54, 1.807) is 18.5 Å². The van der Waals surface area contributed by atoms with Gasteiger partial charge in [-0.2, -0.15) is 0 Å². The van der Waals surface area contributed by atoms with Crippen LogP contribution in [0.15, 0.2) is 18.5 Å². The van der Waals surface area contributed by atoms with Crippen molar-refractivity contribution in [1.29, 1.82) is 0 Å². The van der Waals surface area contributed by atoms with Crippen molar-refractivity contribution in [2.75, 3.05) is 13.1 Å². The second-order valence-corrected chi connectivity index (χ2v) is 3.77. The molecule has 82 valence electrons. The number of carbonyl (C=O) groups excluding carboxylic acids is 1. The number of aromatic nitrogens is 1. The van der Waals surface area contributed by atoms with Gasteiger partial charge in [-0.3, -0.25) is 9.78 Å². The minimum absolute atomic E-state index is 0.150. The van der Waals surface area contributed by atoms with Crippen molar-refractivity contribution in [3.8, 4) is 0 Å². The summed E-state index contributed by atoms with van der Waals surface area (Å²) in [6.07, 6.45) is 4.61. The third kappa shape index (κ3) is 4.40. The number of carbonyl (C=O) groups is 1. The largest absolute Gasteiger partial charge is 0.310 e. The van der Waals surface area contributed by atoms with Gasteiger partial charge in [0, 0.05) is 18.8 Å². The van der Waals surface area contributed by atoms with Crippen molar-refractivity contribution < 1.29 is 4.79 Å². The maximum atomic E-state index is 11.5. The molecule has 1 aromatic rings. The molecule has 1 aromatic heterocycles. The zero-order valence-electron chi connectivity index (χ0n) is 8.79. The molecule has 1 heterocycles. The molecule has 1 rings (SSSR count). The summed E-state index contributed by atoms with van der Waals surface area (Å²) >= 11 is 5.89. The molecule has 0 radical (unpaired) electrons. The van der Waals surface area contributed by atoms with Gasteiger partial charge in [-0.15, -0.1) is 0 Å². The number of rotatable bonds is 6. The Labute approximate surface area is 94.9 Å². The number of hydrogen-bond acceptors (Lipinski definition) is 3. The molecule has 0 unspecified atom stereocenters. The van der Waals surface area contributed by atoms with Crippen LogP contribution in [-0.2, 0) is 11.2 Å². The van der Waals surface area contributed by atoms with Crippen molar-refractivity contribution in [3.05, 3.63) is 29.0 Å². The number of ketones is 1. The van der Waals surface area contributed by atoms with Gasteiger partial charge < -0.3 is 5.32 Å². The first-order valence-electron chi connectivity index (χ1n) is 5.05. The van der Waals surface area contributed by atoms with Gasteiger partial charge >= 0.3 is 0 Å². The normalized spacial score (nSPS) is 10.3. The van der Waals surface area contributed by atoms with Crippen LogP contribution in [0.3, 0.4) is 0 Å². The molecule has 0 saturated heterocycles. The van der Waals surface area contributed by atoms with Crippen LogP contribution in [0.4, 0.5) is 0 Å². The lowest BCUT2D eigenvalue weighted by atomic mass is 10.1. The summed E-state index contributed by atoms with van der Waals surface area (Å²) in [6, 6.07) is 1.78. The van der Waals surface area contributed by atoms with Crippen LogP contribution in [0.1, 0.15) is 18.9 Å². The predicted octanol–water partition coefficient (Wildman–Crippen LogP) is 1.85. The molecule has 1 N–H and O–H groups in total. The predicted molar refractivity (Wildman–Crippen MR) is 61.1 cm³/mol. The van der Waals surface area contributed by atoms with Gasteiger partial charge in [0.25, 0.3) is 0 Å². The molecule has 4 heteroatoms. The molecule has 0 aliphatic carbocycles. The van der Waals surface area contributed by atoms with Crippen LogP contribution in [0.25, 0.3) is 0 Å². The minimum Gasteiger partial charge on any atom is -0.310 e. The lowest BCUT2D eigenvalue weighted by Gasteiger charge is -2.03. The van der Waals surface area contributed by atoms with Crippen molar-refractivity contribution in [3.63, 3.8) is 0 Å². The highest BCUT2D eigenvalue weighted by atomic mass is 35.5. The molecule has 0 saturated carbocycles. The zero-order chi connectivity index (χ0) is 11.1. The fraction of sp³-hybridized carbons (Fsp3) is 0.455. The van der Waals surface area contributed by atoms with Crippen LogP contribution in [0, 0.1) is 0 Å². The lowest BCUT2D eigenvalue weighted by molar-refractivity contribution is -0.117. The van der Waals surface area contributed by atoms with E-state index in [2.05, 4.69) is 17.2 Å². The molecule has 3 nitrogen and oxygen atoms in total. The summed E-state index contributed by atoms with van der Waals surface area (Å²) in [6.45, 7) is 3.35. The summed E-state index contributed by atoms with van der Waals surface area (Å²) in [7, 11) is 0. The Balaban J connectivity index is 2.41. The first kappa shape index (κ1) is 12.1. The first-order valence-corrected chi connectivity index (χ1v) is 5.42. The second kappa shape index (κ2) is 6.53. The van der Waals surface area contributed by atoms with E-state index in [0.717, 1.165) is 18.5 Å². The lowest BCUT2D eigenvalue weighted by Crippen LogP contribution is -2.24. The fourth-order valence-corrected chi connectivity index (χ4v) is 1.41. The Hall–Kier alpha value is -0.930. The smallest absolute Gasteiger partial charge is 0.151 e. The molecule has 0 aromatic carbocycles. The van der Waals surface area contributed by atoms with Crippen LogP contribution >= 0.6 is 11.6 Å². The first-order chi connectivity index (χ1) is 7.24. The summed E-state index contributed by atoms with van der Waals surface area (Å²) in [5, 5.41) is 3.62. The summed E-state index contributed by atoms with van der Waals surface area (Å²) in [5.74, 6) is 0.150. The summed E-state index contributed by atoms with van der Waals surface area (Å²) < 4.78 is 0. The van der Waals surface area contributed by atoms with E-state index < -0.39 is 0 Å². The maximum absolute atomic E-state index is 11.5. The number of nitrogens with one attached hydrogen (secondary N) is 1. The standard InChI is InChI=1S/C11H15ClN2O/c1-2-4-13-7-10(15)6-9-3-5-14-8-11(9)12/h3,5,8,13H,2,4,6-7H2,1H3. The Kier molecular flexibility index (Phi) is 5.29. The SMILES string of the molecule is CCCNCC(=O)Cc1ccncc1Cl. The van der Waals surface area contributed by atoms with Crippen LogP contribution in [0.2, 0.25) is 5.02 Å². The molecule has 15 heavy (non-hydrogen) atoms. The van der Waals surface area contributed by atoms with Crippen LogP contribution in [0.5, 0.6) is 0 Å². The van der Waals surface area contributed by atoms with Gasteiger partial charge in [0.15, 0.2) is 5.78 Å². The molecule has 0 aliphatic heterocycles. The highest BCUT2D eigenvalue weighted by molar-refractivity contribution is 6.31. The van der Waals surface area contributed by atoms with E-state index in [-0.39, 0.29) is 5.78 Å². The Morgan fingerprint density at radius 1 is 1.60 bits per heavy atom. The van der Waals surface area contributed by atoms with Crippen LogP contribution < -0.4 is 5.32 Å². The third-order valence-corrected chi connectivity index (χ3v) is 2.33. The number of nitrogens with zero attached hydrogens (tertiary/aromatic N) is 1. The van der Waals surface area contributed by atoms with E-state index >= 15 is 0 Å². The molecular weight excluding hydrogens is 212 g/mol. The fourth-order valence-electron chi connectivity index (χ4n) is 1.23. The van der Waals surface area contributed by atoms with E-state index in [9.17, 15) is 4.79 Å². The Bertz CT molecular complexity index is 328. The number of halogens is 1. The quantitative estimate of drug-likeness (QED) is 0.753. The molecule has 0 amide bonds. The highest BCUT2D eigenvalue weighted by Crippen LogP contribution is 2.13. The van der Waals surface area contributed by atoms with E-state index in [1.807, 2.05) is 0 Å². The summed E-state index contributed by atoms with van der Waals surface area (Å²) in [4.78, 5) is 15.4. The zero-order valence-corrected chi connectivity index (χ0v) is 9.55. The average molecular weight is 227 g/mol. The second-order valence-electron chi connectivity index (χ2n) is 3.36. The Morgan fingerprint density at radius 2 is 2.40 bits per heavy atom. The minimum atomic E-state index is 0.150. The summed E-state index contributed by atoms with van der Waals surface area (Å²) in [5.41, 5.74) is 0.843. The van der Waals surface area contributed by atoms with Gasteiger partial charge in [0.2, 0.25) is 0 Å². The molecular formula is C11H15ClN2O. The molecule has 0 aliphatic rings. The number of hydrogen-bond donors (Lipinski definition) is 1. The van der Waals surface area contributed by atoms with Crippen LogP contribution in [-0.4, -0.2) is 23.9 Å². The molecule has 0 fully saturated rings. The van der Waals surface area contributed by atoms with Crippen molar-refractivity contribution in [2.24, 2.45) is 0 Å². The van der Waals surface area contributed by atoms with Gasteiger partial charge in [-0.05, 0) is 24.6 Å². The van der Waals surface area contributed by atoms with Gasteiger partial charge in [0.1, 0.15) is 0 Å². The van der Waals surface area contributed by atoms with Gasteiger partial charge in [-0.1, -0.05) is 18.5 Å². The maximum Gasteiger partial charge on any atom is 0.151 e. The molecule has 0 atom stereocenters. The van der Waals surface area contributed by atoms with E-state index in [4.69, 9.17) is 11.6 Å². The van der Waals surface area contributed by atoms with Crippen molar-refractivity contribution in [1.82, 2.24) is 10.3 Å². The monoisotopic (exact) mass is 226 g/mol. The van der Waals surface area contributed by atoms with E-state index in [0.29, 0.717) is 18.0 Å².